The van der Waals surface area contributed by atoms with Crippen LogP contribution in [-0.2, 0) is 9.59 Å². The molecule has 0 heterocycles. The summed E-state index contributed by atoms with van der Waals surface area (Å²) in [5.74, 6) is 0.0253. The van der Waals surface area contributed by atoms with Crippen LogP contribution in [0, 0.1) is 18.8 Å². The minimum Gasteiger partial charge on any atom is -0.484 e. The lowest BCUT2D eigenvalue weighted by atomic mass is 10.2. The Labute approximate surface area is 163 Å². The molecule has 2 aromatic carbocycles. The molecule has 1 saturated carbocycles. The maximum Gasteiger partial charge on any atom is 0.276 e. The molecule has 0 aromatic heterocycles. The average Bonchev–Trinajstić information content (AvgIpc) is 3.41. The van der Waals surface area contributed by atoms with Gasteiger partial charge in [-0.15, -0.1) is 0 Å². The van der Waals surface area contributed by atoms with Gasteiger partial charge in [-0.3, -0.25) is 25.2 Å². The van der Waals surface area contributed by atoms with Gasteiger partial charge in [-0.1, -0.05) is 25.1 Å². The zero-order chi connectivity index (χ0) is 20.1. The molecule has 3 N–H and O–H groups in total. The average molecular weight is 381 g/mol. The quantitative estimate of drug-likeness (QED) is 0.670. The van der Waals surface area contributed by atoms with E-state index in [4.69, 9.17) is 4.74 Å². The van der Waals surface area contributed by atoms with E-state index < -0.39 is 11.8 Å². The predicted octanol–water partition coefficient (Wildman–Crippen LogP) is 2.43. The molecule has 28 heavy (non-hydrogen) atoms. The topological polar surface area (TPSA) is 96.5 Å². The molecular weight excluding hydrogens is 358 g/mol. The lowest BCUT2D eigenvalue weighted by Gasteiger charge is -2.10. The van der Waals surface area contributed by atoms with Gasteiger partial charge in [-0.2, -0.15) is 0 Å². The fourth-order valence-corrected chi connectivity index (χ4v) is 2.75. The minimum absolute atomic E-state index is 0.0355. The Hall–Kier alpha value is -3.35. The van der Waals surface area contributed by atoms with Gasteiger partial charge in [0.1, 0.15) is 5.75 Å². The molecule has 1 aliphatic rings. The molecule has 7 heteroatoms. The Morgan fingerprint density at radius 3 is 2.54 bits per heavy atom. The van der Waals surface area contributed by atoms with E-state index in [1.165, 1.54) is 0 Å². The van der Waals surface area contributed by atoms with Crippen molar-refractivity contribution in [2.75, 3.05) is 11.9 Å². The molecule has 7 nitrogen and oxygen atoms in total. The molecule has 0 radical (unpaired) electrons. The molecule has 2 aromatic rings. The van der Waals surface area contributed by atoms with Crippen LogP contribution in [0.3, 0.4) is 0 Å². The number of benzene rings is 2. The molecule has 1 aliphatic carbocycles. The first kappa shape index (κ1) is 19.4. The molecule has 3 amide bonds. The van der Waals surface area contributed by atoms with Crippen LogP contribution in [0.2, 0.25) is 0 Å². The first-order chi connectivity index (χ1) is 13.4. The SMILES string of the molecule is Cc1cccc(OCC(=O)NNC(=O)c2cccc(NC(=O)C3CC3C)c2)c1. The first-order valence-electron chi connectivity index (χ1n) is 9.12. The fourth-order valence-electron chi connectivity index (χ4n) is 2.75. The number of anilines is 1. The monoisotopic (exact) mass is 381 g/mol. The highest BCUT2D eigenvalue weighted by atomic mass is 16.5. The Bertz CT molecular complexity index is 897. The molecule has 0 aliphatic heterocycles. The summed E-state index contributed by atoms with van der Waals surface area (Å²) in [5.41, 5.74) is 6.54. The normalized spacial score (nSPS) is 17.4. The van der Waals surface area contributed by atoms with Gasteiger partial charge in [-0.05, 0) is 55.2 Å². The van der Waals surface area contributed by atoms with E-state index in [9.17, 15) is 14.4 Å². The lowest BCUT2D eigenvalue weighted by molar-refractivity contribution is -0.123. The smallest absolute Gasteiger partial charge is 0.276 e. The van der Waals surface area contributed by atoms with Crippen molar-refractivity contribution in [2.45, 2.75) is 20.3 Å². The summed E-state index contributed by atoms with van der Waals surface area (Å²) in [7, 11) is 0. The van der Waals surface area contributed by atoms with Crippen molar-refractivity contribution in [3.05, 3.63) is 59.7 Å². The van der Waals surface area contributed by atoms with Crippen LogP contribution in [0.15, 0.2) is 48.5 Å². The molecular formula is C21H23N3O4. The molecule has 1 fully saturated rings. The van der Waals surface area contributed by atoms with Crippen molar-refractivity contribution < 1.29 is 19.1 Å². The van der Waals surface area contributed by atoms with E-state index in [2.05, 4.69) is 16.2 Å². The van der Waals surface area contributed by atoms with Crippen LogP contribution in [0.25, 0.3) is 0 Å². The fraction of sp³-hybridized carbons (Fsp3) is 0.286. The van der Waals surface area contributed by atoms with E-state index in [-0.39, 0.29) is 18.4 Å². The highest BCUT2D eigenvalue weighted by molar-refractivity contribution is 5.98. The molecule has 0 spiro atoms. The highest BCUT2D eigenvalue weighted by Gasteiger charge is 2.39. The number of hydrazine groups is 1. The number of rotatable bonds is 6. The highest BCUT2D eigenvalue weighted by Crippen LogP contribution is 2.38. The van der Waals surface area contributed by atoms with E-state index >= 15 is 0 Å². The third-order valence-electron chi connectivity index (χ3n) is 4.51. The van der Waals surface area contributed by atoms with Crippen molar-refractivity contribution in [1.82, 2.24) is 10.9 Å². The maximum atomic E-state index is 12.2. The number of carbonyl (C=O) groups excluding carboxylic acids is 3. The van der Waals surface area contributed by atoms with Gasteiger partial charge in [0.2, 0.25) is 5.91 Å². The van der Waals surface area contributed by atoms with Crippen molar-refractivity contribution in [1.29, 1.82) is 0 Å². The van der Waals surface area contributed by atoms with Crippen LogP contribution in [0.1, 0.15) is 29.3 Å². The standard InChI is InChI=1S/C21H23N3O4/c1-13-5-3-8-17(9-13)28-12-19(25)23-24-20(26)15-6-4-7-16(11-15)22-21(27)18-10-14(18)2/h3-9,11,14,18H,10,12H2,1-2H3,(H,22,27)(H,23,25)(H,24,26). The second-order valence-corrected chi connectivity index (χ2v) is 7.00. The number of hydrogen-bond acceptors (Lipinski definition) is 4. The van der Waals surface area contributed by atoms with Crippen LogP contribution in [0.4, 0.5) is 5.69 Å². The summed E-state index contributed by atoms with van der Waals surface area (Å²) in [4.78, 5) is 36.1. The van der Waals surface area contributed by atoms with Crippen molar-refractivity contribution in [3.63, 3.8) is 0 Å². The van der Waals surface area contributed by atoms with E-state index in [0.717, 1.165) is 12.0 Å². The maximum absolute atomic E-state index is 12.2. The summed E-state index contributed by atoms with van der Waals surface area (Å²) >= 11 is 0. The lowest BCUT2D eigenvalue weighted by Crippen LogP contribution is -2.43. The number of carbonyl (C=O) groups is 3. The minimum atomic E-state index is -0.486. The van der Waals surface area contributed by atoms with Gasteiger partial charge in [0.05, 0.1) is 0 Å². The van der Waals surface area contributed by atoms with E-state index in [1.54, 1.807) is 30.3 Å². The van der Waals surface area contributed by atoms with Gasteiger partial charge in [0.25, 0.3) is 11.8 Å². The van der Waals surface area contributed by atoms with Gasteiger partial charge in [-0.25, -0.2) is 0 Å². The number of hydrogen-bond donors (Lipinski definition) is 3. The first-order valence-corrected chi connectivity index (χ1v) is 9.12. The van der Waals surface area contributed by atoms with Crippen LogP contribution in [-0.4, -0.2) is 24.3 Å². The van der Waals surface area contributed by atoms with E-state index in [0.29, 0.717) is 22.9 Å². The largest absolute Gasteiger partial charge is 0.484 e. The van der Waals surface area contributed by atoms with E-state index in [1.807, 2.05) is 32.0 Å². The van der Waals surface area contributed by atoms with Crippen molar-refractivity contribution >= 4 is 23.4 Å². The predicted molar refractivity (Wildman–Crippen MR) is 105 cm³/mol. The Kier molecular flexibility index (Phi) is 5.93. The zero-order valence-electron chi connectivity index (χ0n) is 15.8. The molecule has 0 bridgehead atoms. The number of amides is 3. The molecule has 146 valence electrons. The third-order valence-corrected chi connectivity index (χ3v) is 4.51. The Morgan fingerprint density at radius 1 is 1.07 bits per heavy atom. The van der Waals surface area contributed by atoms with Crippen molar-refractivity contribution in [3.8, 4) is 5.75 Å². The van der Waals surface area contributed by atoms with Gasteiger partial charge < -0.3 is 10.1 Å². The second-order valence-electron chi connectivity index (χ2n) is 7.00. The number of nitrogens with one attached hydrogen (secondary N) is 3. The Balaban J connectivity index is 1.47. The summed E-state index contributed by atoms with van der Waals surface area (Å²) in [6.45, 7) is 3.73. The van der Waals surface area contributed by atoms with Gasteiger partial charge in [0, 0.05) is 17.2 Å². The van der Waals surface area contributed by atoms with Crippen LogP contribution < -0.4 is 20.9 Å². The summed E-state index contributed by atoms with van der Waals surface area (Å²) in [5, 5.41) is 2.81. The molecule has 3 rings (SSSR count). The van der Waals surface area contributed by atoms with Crippen molar-refractivity contribution in [2.24, 2.45) is 11.8 Å². The third kappa shape index (κ3) is 5.33. The Morgan fingerprint density at radius 2 is 1.82 bits per heavy atom. The van der Waals surface area contributed by atoms with Crippen LogP contribution in [0.5, 0.6) is 5.75 Å². The number of aryl methyl sites for hydroxylation is 1. The summed E-state index contributed by atoms with van der Waals surface area (Å²) in [6.07, 6.45) is 0.892. The summed E-state index contributed by atoms with van der Waals surface area (Å²) < 4.78 is 5.38. The second kappa shape index (κ2) is 8.56. The molecule has 0 saturated heterocycles. The van der Waals surface area contributed by atoms with Gasteiger partial charge >= 0.3 is 0 Å². The van der Waals surface area contributed by atoms with Gasteiger partial charge in [0.15, 0.2) is 6.61 Å². The molecule has 2 unspecified atom stereocenters. The number of ether oxygens (including phenoxy) is 1. The summed E-state index contributed by atoms with van der Waals surface area (Å²) in [6, 6.07) is 13.9. The zero-order valence-corrected chi connectivity index (χ0v) is 15.8. The molecule has 2 atom stereocenters. The van der Waals surface area contributed by atoms with Crippen LogP contribution >= 0.6 is 0 Å².